The van der Waals surface area contributed by atoms with Crippen molar-refractivity contribution in [3.63, 3.8) is 0 Å². The summed E-state index contributed by atoms with van der Waals surface area (Å²) < 4.78 is 5.94. The summed E-state index contributed by atoms with van der Waals surface area (Å²) in [5, 5.41) is 5.99. The highest BCUT2D eigenvalue weighted by Crippen LogP contribution is 2.22. The number of carbonyl (C=O) groups excluding carboxylic acids is 1. The van der Waals surface area contributed by atoms with Gasteiger partial charge in [0.05, 0.1) is 0 Å². The van der Waals surface area contributed by atoms with Gasteiger partial charge in [-0.05, 0) is 47.0 Å². The first-order valence-electron chi connectivity index (χ1n) is 9.41. The first kappa shape index (κ1) is 20.6. The van der Waals surface area contributed by atoms with Gasteiger partial charge in [-0.3, -0.25) is 4.79 Å². The number of ether oxygens (including phenoxy) is 1. The monoisotopic (exact) mass is 413 g/mol. The summed E-state index contributed by atoms with van der Waals surface area (Å²) in [6.07, 6.45) is 0.138. The fourth-order valence-electron chi connectivity index (χ4n) is 2.86. The second-order valence-corrected chi connectivity index (χ2v) is 8.04. The third-order valence-electron chi connectivity index (χ3n) is 4.39. The van der Waals surface area contributed by atoms with Gasteiger partial charge in [-0.25, -0.2) is 0 Å². The molecule has 3 nitrogen and oxygen atoms in total. The Kier molecular flexibility index (Phi) is 7.63. The van der Waals surface area contributed by atoms with E-state index >= 15 is 0 Å². The van der Waals surface area contributed by atoms with Gasteiger partial charge in [0, 0.05) is 23.1 Å². The summed E-state index contributed by atoms with van der Waals surface area (Å²) in [6.45, 7) is 2.58. The predicted molar refractivity (Wildman–Crippen MR) is 119 cm³/mol. The largest absolute Gasteiger partial charge is 0.481 e. The Morgan fingerprint density at radius 2 is 1.82 bits per heavy atom. The Labute approximate surface area is 175 Å². The van der Waals surface area contributed by atoms with Gasteiger partial charge in [0.1, 0.15) is 5.75 Å². The summed E-state index contributed by atoms with van der Waals surface area (Å²) in [4.78, 5) is 12.5. The summed E-state index contributed by atoms with van der Waals surface area (Å²) in [5.41, 5.74) is 1.23. The van der Waals surface area contributed by atoms with Crippen LogP contribution in [0.1, 0.15) is 18.9 Å². The van der Waals surface area contributed by atoms with E-state index in [1.54, 1.807) is 11.8 Å². The Bertz CT molecular complexity index is 914. The molecule has 1 atom stereocenters. The van der Waals surface area contributed by atoms with Gasteiger partial charge >= 0.3 is 0 Å². The van der Waals surface area contributed by atoms with Gasteiger partial charge in [-0.1, -0.05) is 61.0 Å². The Morgan fingerprint density at radius 3 is 2.57 bits per heavy atom. The van der Waals surface area contributed by atoms with Crippen LogP contribution in [0.25, 0.3) is 10.8 Å². The molecule has 146 valence electrons. The van der Waals surface area contributed by atoms with Crippen LogP contribution in [0, 0.1) is 0 Å². The second-order valence-electron chi connectivity index (χ2n) is 6.49. The number of hydrogen-bond acceptors (Lipinski definition) is 3. The molecular formula is C23H24ClNO2S. The highest BCUT2D eigenvalue weighted by molar-refractivity contribution is 7.98. The zero-order chi connectivity index (χ0) is 19.8. The van der Waals surface area contributed by atoms with Crippen molar-refractivity contribution >= 4 is 40.0 Å². The molecule has 0 saturated carbocycles. The molecule has 0 aromatic heterocycles. The number of nitrogens with one attached hydrogen (secondary N) is 1. The van der Waals surface area contributed by atoms with Crippen LogP contribution in [0.2, 0.25) is 5.02 Å². The Balaban J connectivity index is 1.44. The zero-order valence-corrected chi connectivity index (χ0v) is 17.4. The Morgan fingerprint density at radius 1 is 1.07 bits per heavy atom. The van der Waals surface area contributed by atoms with E-state index in [9.17, 15) is 4.79 Å². The van der Waals surface area contributed by atoms with Crippen molar-refractivity contribution in [3.8, 4) is 5.75 Å². The van der Waals surface area contributed by atoms with E-state index in [4.69, 9.17) is 16.3 Å². The lowest BCUT2D eigenvalue weighted by Gasteiger charge is -2.17. The quantitative estimate of drug-likeness (QED) is 0.457. The number of halogens is 1. The lowest BCUT2D eigenvalue weighted by molar-refractivity contribution is -0.127. The first-order chi connectivity index (χ1) is 13.7. The molecule has 1 unspecified atom stereocenters. The minimum absolute atomic E-state index is 0.0669. The number of amides is 1. The van der Waals surface area contributed by atoms with Crippen LogP contribution >= 0.6 is 23.4 Å². The average molecular weight is 414 g/mol. The van der Waals surface area contributed by atoms with Gasteiger partial charge in [-0.2, -0.15) is 11.8 Å². The van der Waals surface area contributed by atoms with Crippen LogP contribution in [0.3, 0.4) is 0 Å². The van der Waals surface area contributed by atoms with Gasteiger partial charge in [0.2, 0.25) is 0 Å². The molecule has 0 radical (unpaired) electrons. The molecule has 3 rings (SSSR count). The normalized spacial score (nSPS) is 11.9. The molecule has 0 aliphatic carbocycles. The van der Waals surface area contributed by atoms with Crippen molar-refractivity contribution in [2.75, 3.05) is 12.3 Å². The summed E-state index contributed by atoms with van der Waals surface area (Å²) in [5.74, 6) is 2.40. The van der Waals surface area contributed by atoms with Gasteiger partial charge < -0.3 is 10.1 Å². The molecule has 1 N–H and O–H groups in total. The number of fused-ring (bicyclic) bond motifs is 1. The average Bonchev–Trinajstić information content (AvgIpc) is 2.72. The fourth-order valence-corrected chi connectivity index (χ4v) is 3.80. The molecule has 0 saturated heterocycles. The van der Waals surface area contributed by atoms with E-state index < -0.39 is 6.10 Å². The van der Waals surface area contributed by atoms with Crippen LogP contribution in [0.5, 0.6) is 5.75 Å². The van der Waals surface area contributed by atoms with E-state index in [1.165, 1.54) is 5.56 Å². The van der Waals surface area contributed by atoms with Crippen LogP contribution in [-0.4, -0.2) is 24.3 Å². The van der Waals surface area contributed by atoms with Crippen LogP contribution in [0.15, 0.2) is 66.7 Å². The van der Waals surface area contributed by atoms with Crippen molar-refractivity contribution in [2.24, 2.45) is 0 Å². The smallest absolute Gasteiger partial charge is 0.261 e. The molecule has 0 spiro atoms. The molecular weight excluding hydrogens is 390 g/mol. The molecule has 28 heavy (non-hydrogen) atoms. The highest BCUT2D eigenvalue weighted by Gasteiger charge is 2.17. The molecule has 0 fully saturated rings. The van der Waals surface area contributed by atoms with Crippen LogP contribution in [-0.2, 0) is 10.5 Å². The maximum atomic E-state index is 12.5. The van der Waals surface area contributed by atoms with Gasteiger partial charge in [-0.15, -0.1) is 0 Å². The maximum absolute atomic E-state index is 12.5. The number of benzene rings is 3. The number of carbonyl (C=O) groups is 1. The van der Waals surface area contributed by atoms with Crippen LogP contribution < -0.4 is 10.1 Å². The predicted octanol–water partition coefficient (Wildman–Crippen LogP) is 5.70. The minimum atomic E-state index is -0.484. The van der Waals surface area contributed by atoms with Crippen molar-refractivity contribution < 1.29 is 9.53 Å². The maximum Gasteiger partial charge on any atom is 0.261 e. The van der Waals surface area contributed by atoms with Crippen molar-refractivity contribution in [1.29, 1.82) is 0 Å². The molecule has 0 aliphatic rings. The molecule has 5 heteroatoms. The minimum Gasteiger partial charge on any atom is -0.481 e. The first-order valence-corrected chi connectivity index (χ1v) is 10.9. The lowest BCUT2D eigenvalue weighted by atomic mass is 10.1. The molecule has 1 amide bonds. The lowest BCUT2D eigenvalue weighted by Crippen LogP contribution is -2.39. The number of rotatable bonds is 9. The topological polar surface area (TPSA) is 38.3 Å². The zero-order valence-electron chi connectivity index (χ0n) is 15.9. The summed E-state index contributed by atoms with van der Waals surface area (Å²) in [7, 11) is 0. The molecule has 3 aromatic carbocycles. The Hall–Kier alpha value is -2.17. The number of thioether (sulfide) groups is 1. The highest BCUT2D eigenvalue weighted by atomic mass is 35.5. The summed E-state index contributed by atoms with van der Waals surface area (Å²) >= 11 is 7.67. The SMILES string of the molecule is CCC(Oc1ccc2ccccc2c1)C(=O)NCCSCc1ccc(Cl)cc1. The molecule has 0 bridgehead atoms. The fraction of sp³-hybridized carbons (Fsp3) is 0.261. The van der Waals surface area contributed by atoms with Crippen molar-refractivity contribution in [3.05, 3.63) is 77.3 Å². The molecule has 0 aliphatic heterocycles. The second kappa shape index (κ2) is 10.4. The molecule has 0 heterocycles. The third kappa shape index (κ3) is 5.91. The third-order valence-corrected chi connectivity index (χ3v) is 5.67. The van der Waals surface area contributed by atoms with E-state index in [2.05, 4.69) is 11.4 Å². The summed E-state index contributed by atoms with van der Waals surface area (Å²) in [6, 6.07) is 21.9. The van der Waals surface area contributed by atoms with E-state index in [0.29, 0.717) is 13.0 Å². The standard InChI is InChI=1S/C23H24ClNO2S/c1-2-22(27-21-12-9-18-5-3-4-6-19(18)15-21)23(26)25-13-14-28-16-17-7-10-20(24)11-8-17/h3-12,15,22H,2,13-14,16H2,1H3,(H,25,26). The van der Waals surface area contributed by atoms with E-state index in [1.807, 2.05) is 67.6 Å². The van der Waals surface area contributed by atoms with Gasteiger partial charge in [0.15, 0.2) is 6.10 Å². The van der Waals surface area contributed by atoms with Crippen molar-refractivity contribution in [2.45, 2.75) is 25.2 Å². The molecule has 3 aromatic rings. The van der Waals surface area contributed by atoms with E-state index in [-0.39, 0.29) is 5.91 Å². The van der Waals surface area contributed by atoms with Gasteiger partial charge in [0.25, 0.3) is 5.91 Å². The van der Waals surface area contributed by atoms with E-state index in [0.717, 1.165) is 33.1 Å². The van der Waals surface area contributed by atoms with Crippen molar-refractivity contribution in [1.82, 2.24) is 5.32 Å². The number of hydrogen-bond donors (Lipinski definition) is 1. The van der Waals surface area contributed by atoms with Crippen LogP contribution in [0.4, 0.5) is 0 Å².